The van der Waals surface area contributed by atoms with Crippen molar-refractivity contribution in [1.82, 2.24) is 0 Å². The van der Waals surface area contributed by atoms with Crippen LogP contribution in [0.5, 0.6) is 5.75 Å². The van der Waals surface area contributed by atoms with Crippen LogP contribution in [0.1, 0.15) is 31.1 Å². The number of benzene rings is 5. The van der Waals surface area contributed by atoms with Crippen molar-refractivity contribution < 1.29 is 43.5 Å². The maximum atomic E-state index is 14.0. The first-order valence-electron chi connectivity index (χ1n) is 15.3. The van der Waals surface area contributed by atoms with E-state index in [-0.39, 0.29) is 22.4 Å². The number of carbonyl (C=O) groups excluding carboxylic acids is 3. The Labute approximate surface area is 276 Å². The van der Waals surface area contributed by atoms with Gasteiger partial charge in [0.2, 0.25) is 17.7 Å². The molecule has 0 radical (unpaired) electrons. The Morgan fingerprint density at radius 1 is 0.625 bits per heavy atom. The van der Waals surface area contributed by atoms with Crippen molar-refractivity contribution in [2.45, 2.75) is 30.2 Å². The molecular formula is C39H32O9. The van der Waals surface area contributed by atoms with Crippen LogP contribution in [0.4, 0.5) is 0 Å². The summed E-state index contributed by atoms with van der Waals surface area (Å²) in [7, 11) is 0. The molecule has 5 aromatic carbocycles. The molecule has 2 N–H and O–H groups in total. The van der Waals surface area contributed by atoms with Crippen LogP contribution in [0, 0.1) is 0 Å². The zero-order chi connectivity index (χ0) is 33.5. The van der Waals surface area contributed by atoms with Crippen LogP contribution in [-0.2, 0) is 14.2 Å². The SMILES string of the molecule is O=C(OC[C@H]1O[C@H](Oc2ccc(-c3ccccc3)cc2)[C@](O)(C(=O)c2ccccc2)[C@@H](O)[C@@H]1OC(=O)c1ccccc1)c1ccccc1. The Morgan fingerprint density at radius 2 is 1.10 bits per heavy atom. The summed E-state index contributed by atoms with van der Waals surface area (Å²) in [4.78, 5) is 40.2. The van der Waals surface area contributed by atoms with Gasteiger partial charge in [0.25, 0.3) is 0 Å². The third-order valence-electron chi connectivity index (χ3n) is 8.03. The van der Waals surface area contributed by atoms with Crippen LogP contribution in [-0.4, -0.2) is 64.7 Å². The topological polar surface area (TPSA) is 129 Å². The van der Waals surface area contributed by atoms with Gasteiger partial charge in [-0.2, -0.15) is 0 Å². The average Bonchev–Trinajstić information content (AvgIpc) is 3.15. The molecule has 0 saturated carbocycles. The van der Waals surface area contributed by atoms with Crippen LogP contribution in [0.15, 0.2) is 146 Å². The number of ketones is 1. The van der Waals surface area contributed by atoms with Gasteiger partial charge < -0.3 is 29.2 Å². The predicted molar refractivity (Wildman–Crippen MR) is 175 cm³/mol. The number of esters is 2. The average molecular weight is 645 g/mol. The fourth-order valence-corrected chi connectivity index (χ4v) is 5.45. The molecule has 5 atom stereocenters. The van der Waals surface area contributed by atoms with E-state index in [1.807, 2.05) is 30.3 Å². The van der Waals surface area contributed by atoms with Crippen molar-refractivity contribution in [2.24, 2.45) is 0 Å². The summed E-state index contributed by atoms with van der Waals surface area (Å²) in [6, 6.07) is 40.6. The largest absolute Gasteiger partial charge is 0.461 e. The highest BCUT2D eigenvalue weighted by Crippen LogP contribution is 2.37. The van der Waals surface area contributed by atoms with Crippen molar-refractivity contribution in [3.63, 3.8) is 0 Å². The van der Waals surface area contributed by atoms with E-state index in [9.17, 15) is 24.6 Å². The molecule has 242 valence electrons. The fraction of sp³-hybridized carbons (Fsp3) is 0.154. The van der Waals surface area contributed by atoms with E-state index in [2.05, 4.69) is 0 Å². The highest BCUT2D eigenvalue weighted by molar-refractivity contribution is 6.03. The second-order valence-corrected chi connectivity index (χ2v) is 11.2. The molecule has 1 aliphatic heterocycles. The van der Waals surface area contributed by atoms with E-state index in [1.54, 1.807) is 91.0 Å². The molecule has 0 spiro atoms. The van der Waals surface area contributed by atoms with Gasteiger partial charge in [0.05, 0.1) is 11.1 Å². The molecule has 0 aromatic heterocycles. The number of ether oxygens (including phenoxy) is 4. The molecule has 1 heterocycles. The molecule has 6 rings (SSSR count). The summed E-state index contributed by atoms with van der Waals surface area (Å²) >= 11 is 0. The van der Waals surface area contributed by atoms with Crippen molar-refractivity contribution in [3.8, 4) is 16.9 Å². The lowest BCUT2D eigenvalue weighted by molar-refractivity contribution is -0.301. The maximum absolute atomic E-state index is 14.0. The van der Waals surface area contributed by atoms with Crippen LogP contribution >= 0.6 is 0 Å². The normalized spacial score (nSPS) is 21.9. The van der Waals surface area contributed by atoms with Gasteiger partial charge in [0.15, 0.2) is 6.10 Å². The monoisotopic (exact) mass is 644 g/mol. The third kappa shape index (κ3) is 6.89. The minimum absolute atomic E-state index is 0.0535. The number of hydrogen-bond donors (Lipinski definition) is 2. The molecule has 0 unspecified atom stereocenters. The van der Waals surface area contributed by atoms with Crippen LogP contribution in [0.3, 0.4) is 0 Å². The summed E-state index contributed by atoms with van der Waals surface area (Å²) in [6.45, 7) is -0.514. The standard InChI is InChI=1S/C39H32O9/c40-34(28-15-7-2-8-16-28)39(44)35(41)33(48-37(43)30-19-11-4-12-20-30)32(25-45-36(42)29-17-9-3-10-18-29)47-38(39)46-31-23-21-27(22-24-31)26-13-5-1-6-14-26/h1-24,32-33,35,38,41,44H,25H2/t32-,33-,35+,38+,39+/m1/s1. The molecule has 48 heavy (non-hydrogen) atoms. The van der Waals surface area contributed by atoms with E-state index < -0.39 is 54.5 Å². The first-order valence-corrected chi connectivity index (χ1v) is 15.3. The molecule has 1 fully saturated rings. The summed E-state index contributed by atoms with van der Waals surface area (Å²) in [5.74, 6) is -2.27. The van der Waals surface area contributed by atoms with E-state index in [4.69, 9.17) is 18.9 Å². The minimum atomic E-state index is -2.78. The van der Waals surface area contributed by atoms with Gasteiger partial charge in [0.1, 0.15) is 24.6 Å². The first kappa shape index (κ1) is 32.3. The van der Waals surface area contributed by atoms with Crippen molar-refractivity contribution in [1.29, 1.82) is 0 Å². The maximum Gasteiger partial charge on any atom is 0.338 e. The van der Waals surface area contributed by atoms with Gasteiger partial charge in [0, 0.05) is 5.56 Å². The minimum Gasteiger partial charge on any atom is -0.461 e. The van der Waals surface area contributed by atoms with Crippen molar-refractivity contribution in [2.75, 3.05) is 6.61 Å². The number of aliphatic hydroxyl groups is 2. The van der Waals surface area contributed by atoms with Gasteiger partial charge >= 0.3 is 11.9 Å². The summed E-state index contributed by atoms with van der Waals surface area (Å²) in [5, 5.41) is 24.1. The van der Waals surface area contributed by atoms with E-state index >= 15 is 0 Å². The molecular weight excluding hydrogens is 612 g/mol. The molecule has 0 bridgehead atoms. The Hall–Kier alpha value is -5.61. The zero-order valence-corrected chi connectivity index (χ0v) is 25.6. The Kier molecular flexibility index (Phi) is 9.73. The smallest absolute Gasteiger partial charge is 0.338 e. The number of carbonyl (C=O) groups is 3. The molecule has 0 amide bonds. The number of Topliss-reactive ketones (excluding diaryl/α,β-unsaturated/α-hetero) is 1. The molecule has 9 heteroatoms. The van der Waals surface area contributed by atoms with Gasteiger partial charge in [-0.05, 0) is 47.5 Å². The third-order valence-corrected chi connectivity index (χ3v) is 8.03. The number of hydrogen-bond acceptors (Lipinski definition) is 9. The molecule has 9 nitrogen and oxygen atoms in total. The quantitative estimate of drug-likeness (QED) is 0.149. The lowest BCUT2D eigenvalue weighted by atomic mass is 9.80. The molecule has 1 aliphatic rings. The van der Waals surface area contributed by atoms with Gasteiger partial charge in [-0.1, -0.05) is 109 Å². The Bertz CT molecular complexity index is 1830. The van der Waals surface area contributed by atoms with Gasteiger partial charge in [-0.15, -0.1) is 0 Å². The van der Waals surface area contributed by atoms with Gasteiger partial charge in [-0.25, -0.2) is 9.59 Å². The first-order chi connectivity index (χ1) is 23.3. The lowest BCUT2D eigenvalue weighted by Crippen LogP contribution is -2.72. The second kappa shape index (κ2) is 14.4. The lowest BCUT2D eigenvalue weighted by Gasteiger charge is -2.47. The van der Waals surface area contributed by atoms with Crippen LogP contribution in [0.25, 0.3) is 11.1 Å². The van der Waals surface area contributed by atoms with Crippen LogP contribution < -0.4 is 4.74 Å². The summed E-state index contributed by atoms with van der Waals surface area (Å²) < 4.78 is 23.5. The highest BCUT2D eigenvalue weighted by Gasteiger charge is 2.62. The fourth-order valence-electron chi connectivity index (χ4n) is 5.45. The summed E-state index contributed by atoms with van der Waals surface area (Å²) in [6.07, 6.45) is -6.94. The van der Waals surface area contributed by atoms with Gasteiger partial charge in [-0.3, -0.25) is 4.79 Å². The highest BCUT2D eigenvalue weighted by atomic mass is 16.7. The Balaban J connectivity index is 1.35. The van der Waals surface area contributed by atoms with Crippen LogP contribution in [0.2, 0.25) is 0 Å². The molecule has 1 saturated heterocycles. The zero-order valence-electron chi connectivity index (χ0n) is 25.6. The Morgan fingerprint density at radius 3 is 1.67 bits per heavy atom. The van der Waals surface area contributed by atoms with E-state index in [0.29, 0.717) is 0 Å². The molecule has 5 aromatic rings. The number of aliphatic hydroxyl groups excluding tert-OH is 1. The number of rotatable bonds is 10. The summed E-state index contributed by atoms with van der Waals surface area (Å²) in [5.41, 5.74) is -0.457. The van der Waals surface area contributed by atoms with E-state index in [0.717, 1.165) is 11.1 Å². The van der Waals surface area contributed by atoms with Crippen molar-refractivity contribution >= 4 is 17.7 Å². The second-order valence-electron chi connectivity index (χ2n) is 11.2. The van der Waals surface area contributed by atoms with Crippen molar-refractivity contribution in [3.05, 3.63) is 162 Å². The van der Waals surface area contributed by atoms with E-state index in [1.165, 1.54) is 24.3 Å². The predicted octanol–water partition coefficient (Wildman–Crippen LogP) is 5.51. The molecule has 0 aliphatic carbocycles.